The second-order valence-corrected chi connectivity index (χ2v) is 9.79. The standard InChI is InChI=1S/C24H22ClN3O2S2/c1-16-12-18(25)13-21-23(16)27-24(32-21)28(15-17-4-3-10-26-14-17)22(29)9-11-31-20-7-5-19(30-2)6-8-20/h3-8,10,12-14H,9,11,15H2,1-2H3. The minimum Gasteiger partial charge on any atom is -0.497 e. The van der Waals surface area contributed by atoms with Gasteiger partial charge >= 0.3 is 0 Å². The summed E-state index contributed by atoms with van der Waals surface area (Å²) in [6.07, 6.45) is 3.90. The number of pyridine rings is 1. The van der Waals surface area contributed by atoms with Crippen LogP contribution < -0.4 is 9.64 Å². The molecule has 5 nitrogen and oxygen atoms in total. The molecule has 4 rings (SSSR count). The molecule has 0 aliphatic carbocycles. The van der Waals surface area contributed by atoms with Gasteiger partial charge in [0, 0.05) is 34.5 Å². The number of hydrogen-bond acceptors (Lipinski definition) is 6. The number of amides is 1. The first-order valence-electron chi connectivity index (χ1n) is 10.1. The Balaban J connectivity index is 1.53. The van der Waals surface area contributed by atoms with E-state index in [2.05, 4.69) is 4.98 Å². The number of anilines is 1. The van der Waals surface area contributed by atoms with Gasteiger partial charge in [-0.15, -0.1) is 11.8 Å². The molecule has 2 aromatic carbocycles. The first-order valence-corrected chi connectivity index (χ1v) is 12.2. The van der Waals surface area contributed by atoms with E-state index in [0.717, 1.165) is 32.0 Å². The number of ether oxygens (including phenoxy) is 1. The van der Waals surface area contributed by atoms with Gasteiger partial charge in [-0.2, -0.15) is 0 Å². The fraction of sp³-hybridized carbons (Fsp3) is 0.208. The number of hydrogen-bond donors (Lipinski definition) is 0. The molecule has 0 aliphatic heterocycles. The van der Waals surface area contributed by atoms with Crippen molar-refractivity contribution in [1.29, 1.82) is 0 Å². The highest BCUT2D eigenvalue weighted by Gasteiger charge is 2.21. The minimum absolute atomic E-state index is 0.0256. The molecule has 32 heavy (non-hydrogen) atoms. The number of halogens is 1. The molecule has 0 unspecified atom stereocenters. The quantitative estimate of drug-likeness (QED) is 0.272. The number of carbonyl (C=O) groups excluding carboxylic acids is 1. The number of fused-ring (bicyclic) bond motifs is 1. The zero-order valence-electron chi connectivity index (χ0n) is 17.7. The summed E-state index contributed by atoms with van der Waals surface area (Å²) >= 11 is 9.36. The van der Waals surface area contributed by atoms with Crippen molar-refractivity contribution in [2.24, 2.45) is 0 Å². The number of aryl methyl sites for hydroxylation is 1. The Bertz CT molecular complexity index is 1210. The Labute approximate surface area is 200 Å². The van der Waals surface area contributed by atoms with Crippen LogP contribution in [-0.4, -0.2) is 28.7 Å². The van der Waals surface area contributed by atoms with E-state index in [4.69, 9.17) is 21.3 Å². The van der Waals surface area contributed by atoms with Gasteiger partial charge in [-0.05, 0) is 60.5 Å². The topological polar surface area (TPSA) is 55.3 Å². The molecule has 8 heteroatoms. The molecule has 2 heterocycles. The van der Waals surface area contributed by atoms with Crippen LogP contribution in [0.1, 0.15) is 17.5 Å². The van der Waals surface area contributed by atoms with Crippen LogP contribution in [0.25, 0.3) is 10.2 Å². The molecule has 164 valence electrons. The van der Waals surface area contributed by atoms with E-state index in [1.54, 1.807) is 36.2 Å². The number of benzene rings is 2. The molecule has 2 aromatic heterocycles. The summed E-state index contributed by atoms with van der Waals surface area (Å²) in [5.74, 6) is 1.52. The third-order valence-corrected chi connectivity index (χ3v) is 7.14. The third-order valence-electron chi connectivity index (χ3n) is 4.88. The number of thioether (sulfide) groups is 1. The molecule has 4 aromatic rings. The van der Waals surface area contributed by atoms with Crippen molar-refractivity contribution >= 4 is 56.0 Å². The smallest absolute Gasteiger partial charge is 0.229 e. The van der Waals surface area contributed by atoms with Gasteiger partial charge in [0.15, 0.2) is 5.13 Å². The van der Waals surface area contributed by atoms with E-state index < -0.39 is 0 Å². The number of rotatable bonds is 8. The van der Waals surface area contributed by atoms with Crippen molar-refractivity contribution < 1.29 is 9.53 Å². The maximum Gasteiger partial charge on any atom is 0.229 e. The zero-order chi connectivity index (χ0) is 22.5. The van der Waals surface area contributed by atoms with E-state index >= 15 is 0 Å². The molecule has 0 aliphatic rings. The Morgan fingerprint density at radius 2 is 2.03 bits per heavy atom. The maximum atomic E-state index is 13.3. The SMILES string of the molecule is COc1ccc(SCCC(=O)N(Cc2cccnc2)c2nc3c(C)cc(Cl)cc3s2)cc1. The normalized spacial score (nSPS) is 11.0. The highest BCUT2D eigenvalue weighted by atomic mass is 35.5. The molecule has 0 bridgehead atoms. The molecule has 1 amide bonds. The Hall–Kier alpha value is -2.61. The molecule has 0 fully saturated rings. The molecular weight excluding hydrogens is 462 g/mol. The first-order chi connectivity index (χ1) is 15.5. The monoisotopic (exact) mass is 483 g/mol. The summed E-state index contributed by atoms with van der Waals surface area (Å²) in [7, 11) is 1.65. The van der Waals surface area contributed by atoms with Gasteiger partial charge in [0.1, 0.15) is 5.75 Å². The van der Waals surface area contributed by atoms with Gasteiger partial charge in [0.25, 0.3) is 0 Å². The number of carbonyl (C=O) groups is 1. The highest BCUT2D eigenvalue weighted by molar-refractivity contribution is 7.99. The maximum absolute atomic E-state index is 13.3. The highest BCUT2D eigenvalue weighted by Crippen LogP contribution is 2.34. The van der Waals surface area contributed by atoms with Crippen molar-refractivity contribution in [2.75, 3.05) is 17.8 Å². The lowest BCUT2D eigenvalue weighted by atomic mass is 10.2. The lowest BCUT2D eigenvalue weighted by molar-refractivity contribution is -0.118. The lowest BCUT2D eigenvalue weighted by Gasteiger charge is -2.20. The largest absolute Gasteiger partial charge is 0.497 e. The average molecular weight is 484 g/mol. The van der Waals surface area contributed by atoms with Gasteiger partial charge in [-0.25, -0.2) is 4.98 Å². The van der Waals surface area contributed by atoms with Crippen LogP contribution in [-0.2, 0) is 11.3 Å². The summed E-state index contributed by atoms with van der Waals surface area (Å²) in [5, 5.41) is 1.35. The van der Waals surface area contributed by atoms with E-state index in [-0.39, 0.29) is 5.91 Å². The van der Waals surface area contributed by atoms with Crippen LogP contribution in [0.2, 0.25) is 5.02 Å². The molecule has 0 spiro atoms. The van der Waals surface area contributed by atoms with Crippen molar-refractivity contribution in [3.05, 3.63) is 77.1 Å². The zero-order valence-corrected chi connectivity index (χ0v) is 20.1. The Morgan fingerprint density at radius 3 is 2.75 bits per heavy atom. The van der Waals surface area contributed by atoms with E-state index in [1.165, 1.54) is 11.3 Å². The number of thiazole rings is 1. The van der Waals surface area contributed by atoms with Gasteiger partial charge in [-0.3, -0.25) is 14.7 Å². The van der Waals surface area contributed by atoms with Gasteiger partial charge in [-0.1, -0.05) is 29.0 Å². The van der Waals surface area contributed by atoms with E-state index in [1.807, 2.05) is 55.5 Å². The first kappa shape index (κ1) is 22.6. The second-order valence-electron chi connectivity index (χ2n) is 7.18. The van der Waals surface area contributed by atoms with Crippen LogP contribution in [0.15, 0.2) is 65.8 Å². The molecule has 0 N–H and O–H groups in total. The average Bonchev–Trinajstić information content (AvgIpc) is 3.22. The van der Waals surface area contributed by atoms with Crippen LogP contribution in [0.5, 0.6) is 5.75 Å². The van der Waals surface area contributed by atoms with Crippen LogP contribution in [0.4, 0.5) is 5.13 Å². The second kappa shape index (κ2) is 10.3. The summed E-state index contributed by atoms with van der Waals surface area (Å²) in [6.45, 7) is 2.41. The fourth-order valence-electron chi connectivity index (χ4n) is 3.26. The Kier molecular flexibility index (Phi) is 7.29. The van der Waals surface area contributed by atoms with Gasteiger partial charge < -0.3 is 4.74 Å². The van der Waals surface area contributed by atoms with Gasteiger partial charge in [0.2, 0.25) is 5.91 Å². The van der Waals surface area contributed by atoms with Crippen molar-refractivity contribution in [1.82, 2.24) is 9.97 Å². The molecule has 0 radical (unpaired) electrons. The fourth-order valence-corrected chi connectivity index (χ4v) is 5.54. The van der Waals surface area contributed by atoms with Crippen LogP contribution in [0, 0.1) is 6.92 Å². The molecule has 0 saturated carbocycles. The van der Waals surface area contributed by atoms with Crippen molar-refractivity contribution in [3.8, 4) is 5.75 Å². The number of methoxy groups -OCH3 is 1. The van der Waals surface area contributed by atoms with E-state index in [0.29, 0.717) is 28.9 Å². The molecular formula is C24H22ClN3O2S2. The summed E-state index contributed by atoms with van der Waals surface area (Å²) in [4.78, 5) is 25.1. The summed E-state index contributed by atoms with van der Waals surface area (Å²) in [5.41, 5.74) is 2.84. The predicted octanol–water partition coefficient (Wildman–Crippen LogP) is 6.38. The third kappa shape index (κ3) is 5.41. The summed E-state index contributed by atoms with van der Waals surface area (Å²) in [6, 6.07) is 15.5. The van der Waals surface area contributed by atoms with Crippen LogP contribution in [0.3, 0.4) is 0 Å². The molecule has 0 saturated heterocycles. The number of nitrogens with zero attached hydrogens (tertiary/aromatic N) is 3. The molecule has 0 atom stereocenters. The van der Waals surface area contributed by atoms with Crippen LogP contribution >= 0.6 is 34.7 Å². The van der Waals surface area contributed by atoms with E-state index in [9.17, 15) is 4.79 Å². The minimum atomic E-state index is 0.0256. The summed E-state index contributed by atoms with van der Waals surface area (Å²) < 4.78 is 6.17. The van der Waals surface area contributed by atoms with Crippen molar-refractivity contribution in [2.45, 2.75) is 24.8 Å². The number of aromatic nitrogens is 2. The lowest BCUT2D eigenvalue weighted by Crippen LogP contribution is -2.30. The van der Waals surface area contributed by atoms with Gasteiger partial charge in [0.05, 0.1) is 23.9 Å². The van der Waals surface area contributed by atoms with Crippen molar-refractivity contribution in [3.63, 3.8) is 0 Å². The predicted molar refractivity (Wildman–Crippen MR) is 133 cm³/mol. The Morgan fingerprint density at radius 1 is 1.22 bits per heavy atom.